The average Bonchev–Trinajstić information content (AvgIpc) is 2.34. The molecule has 1 nitrogen and oxygen atoms in total. The maximum Gasteiger partial charge on any atom is 0.416 e. The summed E-state index contributed by atoms with van der Waals surface area (Å²) >= 11 is 0. The highest BCUT2D eigenvalue weighted by molar-refractivity contribution is 5.32. The zero-order chi connectivity index (χ0) is 13.8. The molecule has 4 heteroatoms. The van der Waals surface area contributed by atoms with E-state index in [0.29, 0.717) is 5.76 Å². The summed E-state index contributed by atoms with van der Waals surface area (Å²) in [4.78, 5) is 0. The van der Waals surface area contributed by atoms with Crippen molar-refractivity contribution in [3.8, 4) is 0 Å². The lowest BCUT2D eigenvalue weighted by Crippen LogP contribution is -2.13. The lowest BCUT2D eigenvalue weighted by atomic mass is 9.96. The van der Waals surface area contributed by atoms with Gasteiger partial charge < -0.3 is 4.74 Å². The van der Waals surface area contributed by atoms with Gasteiger partial charge in [0.15, 0.2) is 0 Å². The number of halogens is 3. The topological polar surface area (TPSA) is 9.23 Å². The zero-order valence-corrected chi connectivity index (χ0v) is 10.1. The van der Waals surface area contributed by atoms with E-state index >= 15 is 0 Å². The monoisotopic (exact) mass is 256 g/mol. The van der Waals surface area contributed by atoms with Crippen LogP contribution in [0.15, 0.2) is 49.3 Å². The van der Waals surface area contributed by atoms with E-state index in [-0.39, 0.29) is 18.1 Å². The highest BCUT2D eigenvalue weighted by Crippen LogP contribution is 2.35. The molecule has 0 radical (unpaired) electrons. The minimum Gasteiger partial charge on any atom is -0.494 e. The summed E-state index contributed by atoms with van der Waals surface area (Å²) < 4.78 is 43.6. The van der Waals surface area contributed by atoms with Crippen molar-refractivity contribution in [2.45, 2.75) is 19.0 Å². The lowest BCUT2D eigenvalue weighted by molar-refractivity contribution is -0.138. The van der Waals surface area contributed by atoms with E-state index in [9.17, 15) is 13.2 Å². The molecular formula is C14H15F3O. The highest BCUT2D eigenvalue weighted by atomic mass is 19.4. The molecule has 1 rings (SSSR count). The van der Waals surface area contributed by atoms with Gasteiger partial charge in [-0.3, -0.25) is 0 Å². The van der Waals surface area contributed by atoms with Crippen LogP contribution < -0.4 is 0 Å². The van der Waals surface area contributed by atoms with Gasteiger partial charge in [0.1, 0.15) is 5.76 Å². The molecule has 0 N–H and O–H groups in total. The summed E-state index contributed by atoms with van der Waals surface area (Å²) in [5.74, 6) is -0.0223. The Labute approximate surface area is 105 Å². The number of rotatable bonds is 5. The molecule has 0 saturated carbocycles. The number of hydrogen-bond acceptors (Lipinski definition) is 1. The Morgan fingerprint density at radius 3 is 2.56 bits per heavy atom. The fraction of sp³-hybridized carbons (Fsp3) is 0.286. The summed E-state index contributed by atoms with van der Waals surface area (Å²) in [7, 11) is 0. The Morgan fingerprint density at radius 2 is 2.00 bits per heavy atom. The van der Waals surface area contributed by atoms with Gasteiger partial charge in [0.2, 0.25) is 0 Å². The maximum atomic E-state index is 12.8. The van der Waals surface area contributed by atoms with Crippen LogP contribution in [0.2, 0.25) is 0 Å². The fourth-order valence-electron chi connectivity index (χ4n) is 1.57. The van der Waals surface area contributed by atoms with Gasteiger partial charge in [-0.05, 0) is 17.7 Å². The van der Waals surface area contributed by atoms with Gasteiger partial charge in [0.05, 0.1) is 12.2 Å². The predicted molar refractivity (Wildman–Crippen MR) is 65.1 cm³/mol. The Morgan fingerprint density at radius 1 is 1.39 bits per heavy atom. The SMILES string of the molecule is C=CC(=C)OC[C@H](C)c1ccccc1C(F)(F)F. The van der Waals surface area contributed by atoms with Gasteiger partial charge in [-0.1, -0.05) is 38.3 Å². The molecule has 1 atom stereocenters. The Hall–Kier alpha value is -1.71. The van der Waals surface area contributed by atoms with Crippen LogP contribution in [0, 0.1) is 0 Å². The first-order valence-corrected chi connectivity index (χ1v) is 5.46. The van der Waals surface area contributed by atoms with Crippen molar-refractivity contribution in [2.24, 2.45) is 0 Å². The van der Waals surface area contributed by atoms with E-state index in [1.54, 1.807) is 13.0 Å². The van der Waals surface area contributed by atoms with Gasteiger partial charge >= 0.3 is 6.18 Å². The molecule has 1 aromatic carbocycles. The van der Waals surface area contributed by atoms with Gasteiger partial charge in [0, 0.05) is 5.92 Å². The molecule has 0 unspecified atom stereocenters. The largest absolute Gasteiger partial charge is 0.494 e. The summed E-state index contributed by atoms with van der Waals surface area (Å²) in [6.07, 6.45) is -2.93. The smallest absolute Gasteiger partial charge is 0.416 e. The number of benzene rings is 1. The summed E-state index contributed by atoms with van der Waals surface area (Å²) in [6.45, 7) is 8.83. The highest BCUT2D eigenvalue weighted by Gasteiger charge is 2.34. The summed E-state index contributed by atoms with van der Waals surface area (Å²) in [5, 5.41) is 0. The maximum absolute atomic E-state index is 12.8. The third-order valence-electron chi connectivity index (χ3n) is 2.54. The molecule has 98 valence electrons. The van der Waals surface area contributed by atoms with E-state index in [1.165, 1.54) is 18.2 Å². The molecule has 0 aliphatic rings. The molecule has 0 saturated heterocycles. The van der Waals surface area contributed by atoms with Crippen molar-refractivity contribution in [3.63, 3.8) is 0 Å². The lowest BCUT2D eigenvalue weighted by Gasteiger charge is -2.18. The first-order valence-electron chi connectivity index (χ1n) is 5.46. The molecule has 0 aliphatic carbocycles. The normalized spacial score (nSPS) is 12.9. The Balaban J connectivity index is 2.89. The second-order valence-corrected chi connectivity index (χ2v) is 3.97. The van der Waals surface area contributed by atoms with E-state index in [2.05, 4.69) is 13.2 Å². The molecule has 0 aliphatic heterocycles. The second-order valence-electron chi connectivity index (χ2n) is 3.97. The Kier molecular flexibility index (Phi) is 4.59. The van der Waals surface area contributed by atoms with E-state index in [4.69, 9.17) is 4.74 Å². The number of ether oxygens (including phenoxy) is 1. The first-order chi connectivity index (χ1) is 8.36. The average molecular weight is 256 g/mol. The number of allylic oxidation sites excluding steroid dienone is 1. The molecule has 0 aromatic heterocycles. The van der Waals surface area contributed by atoms with Gasteiger partial charge in [-0.15, -0.1) is 0 Å². The van der Waals surface area contributed by atoms with Gasteiger partial charge in [-0.25, -0.2) is 0 Å². The predicted octanol–water partition coefficient (Wildman–Crippen LogP) is 4.53. The van der Waals surface area contributed by atoms with Crippen LogP contribution in [0.5, 0.6) is 0 Å². The van der Waals surface area contributed by atoms with Gasteiger partial charge in [-0.2, -0.15) is 13.2 Å². The molecular weight excluding hydrogens is 241 g/mol. The van der Waals surface area contributed by atoms with Crippen LogP contribution in [-0.4, -0.2) is 6.61 Å². The van der Waals surface area contributed by atoms with Gasteiger partial charge in [0.25, 0.3) is 0 Å². The van der Waals surface area contributed by atoms with Crippen LogP contribution in [0.4, 0.5) is 13.2 Å². The zero-order valence-electron chi connectivity index (χ0n) is 10.1. The van der Waals surface area contributed by atoms with Crippen LogP contribution in [-0.2, 0) is 10.9 Å². The number of alkyl halides is 3. The van der Waals surface area contributed by atoms with Crippen LogP contribution >= 0.6 is 0 Å². The van der Waals surface area contributed by atoms with Crippen molar-refractivity contribution in [1.82, 2.24) is 0 Å². The molecule has 0 bridgehead atoms. The van der Waals surface area contributed by atoms with Crippen LogP contribution in [0.25, 0.3) is 0 Å². The summed E-state index contributed by atoms with van der Waals surface area (Å²) in [5.41, 5.74) is -0.396. The molecule has 0 amide bonds. The molecule has 18 heavy (non-hydrogen) atoms. The Bertz CT molecular complexity index is 435. The first kappa shape index (κ1) is 14.4. The van der Waals surface area contributed by atoms with Crippen molar-refractivity contribution in [2.75, 3.05) is 6.61 Å². The van der Waals surface area contributed by atoms with E-state index < -0.39 is 11.7 Å². The third kappa shape index (κ3) is 3.65. The van der Waals surface area contributed by atoms with Crippen molar-refractivity contribution < 1.29 is 17.9 Å². The quantitative estimate of drug-likeness (QED) is 0.555. The van der Waals surface area contributed by atoms with Crippen molar-refractivity contribution in [1.29, 1.82) is 0 Å². The standard InChI is InChI=1S/C14H15F3O/c1-4-11(3)18-9-10(2)12-7-5-6-8-13(12)14(15,16)17/h4-8,10H,1,3,9H2,2H3/t10-/m0/s1. The second kappa shape index (κ2) is 5.76. The molecule has 0 spiro atoms. The third-order valence-corrected chi connectivity index (χ3v) is 2.54. The van der Waals surface area contributed by atoms with Crippen LogP contribution in [0.3, 0.4) is 0 Å². The summed E-state index contributed by atoms with van der Waals surface area (Å²) in [6, 6.07) is 5.51. The van der Waals surface area contributed by atoms with Crippen LogP contribution in [0.1, 0.15) is 24.0 Å². The minimum absolute atomic E-state index is 0.137. The number of hydrogen-bond donors (Lipinski definition) is 0. The minimum atomic E-state index is -4.35. The molecule has 1 aromatic rings. The molecule has 0 heterocycles. The molecule has 0 fully saturated rings. The van der Waals surface area contributed by atoms with E-state index in [0.717, 1.165) is 6.07 Å². The van der Waals surface area contributed by atoms with Crippen molar-refractivity contribution >= 4 is 0 Å². The van der Waals surface area contributed by atoms with Crippen molar-refractivity contribution in [3.05, 3.63) is 60.4 Å². The fourth-order valence-corrected chi connectivity index (χ4v) is 1.57. The van der Waals surface area contributed by atoms with E-state index in [1.807, 2.05) is 0 Å².